The average molecular weight is 650 g/mol. The molecule has 0 fully saturated rings. The lowest BCUT2D eigenvalue weighted by atomic mass is 9.67. The van der Waals surface area contributed by atoms with Crippen LogP contribution in [0.2, 0.25) is 0 Å². The summed E-state index contributed by atoms with van der Waals surface area (Å²) in [5.41, 5.74) is 14.2. The molecule has 238 valence electrons. The van der Waals surface area contributed by atoms with E-state index in [1.54, 1.807) is 0 Å². The van der Waals surface area contributed by atoms with E-state index < -0.39 is 5.41 Å². The van der Waals surface area contributed by atoms with Crippen molar-refractivity contribution >= 4 is 0 Å². The summed E-state index contributed by atoms with van der Waals surface area (Å²) in [4.78, 5) is 10.4. The molecule has 0 spiro atoms. The Balaban J connectivity index is 1.31. The number of fused-ring (bicyclic) bond motifs is 3. The van der Waals surface area contributed by atoms with Crippen LogP contribution in [0.1, 0.15) is 27.8 Å². The summed E-state index contributed by atoms with van der Waals surface area (Å²) in [5.74, 6) is 0.683. The molecule has 1 aromatic heterocycles. The lowest BCUT2D eigenvalue weighted by Crippen LogP contribution is -2.28. The summed E-state index contributed by atoms with van der Waals surface area (Å²) < 4.78 is 0. The zero-order valence-corrected chi connectivity index (χ0v) is 27.7. The van der Waals surface area contributed by atoms with Crippen LogP contribution in [-0.4, -0.2) is 9.97 Å². The van der Waals surface area contributed by atoms with Gasteiger partial charge in [0.05, 0.1) is 28.4 Å². The Morgan fingerprint density at radius 1 is 0.392 bits per heavy atom. The molecule has 1 aliphatic carbocycles. The second-order valence-electron chi connectivity index (χ2n) is 12.9. The highest BCUT2D eigenvalue weighted by molar-refractivity contribution is 5.90. The monoisotopic (exact) mass is 649 g/mol. The van der Waals surface area contributed by atoms with E-state index in [0.29, 0.717) is 11.4 Å². The van der Waals surface area contributed by atoms with Crippen molar-refractivity contribution in [3.63, 3.8) is 0 Å². The zero-order valence-electron chi connectivity index (χ0n) is 27.7. The van der Waals surface area contributed by atoms with Gasteiger partial charge in [-0.15, -0.1) is 0 Å². The Hall–Kier alpha value is -6.89. The molecule has 8 aromatic rings. The summed E-state index contributed by atoms with van der Waals surface area (Å²) in [6.07, 6.45) is 0. The highest BCUT2D eigenvalue weighted by Crippen LogP contribution is 2.57. The van der Waals surface area contributed by atoms with Crippen molar-refractivity contribution in [1.82, 2.24) is 9.97 Å². The molecule has 0 aliphatic heterocycles. The van der Waals surface area contributed by atoms with Crippen molar-refractivity contribution in [3.05, 3.63) is 216 Å². The van der Waals surface area contributed by atoms with Gasteiger partial charge in [-0.05, 0) is 74.8 Å². The van der Waals surface area contributed by atoms with Gasteiger partial charge in [0, 0.05) is 16.7 Å². The minimum Gasteiger partial charge on any atom is -0.228 e. The molecule has 51 heavy (non-hydrogen) atoms. The Kier molecular flexibility index (Phi) is 7.42. The first-order valence-electron chi connectivity index (χ1n) is 17.1. The highest BCUT2D eigenvalue weighted by atomic mass is 14.9. The third-order valence-electron chi connectivity index (χ3n) is 10.0. The smallest absolute Gasteiger partial charge is 0.160 e. The molecular weight excluding hydrogens is 619 g/mol. The second kappa shape index (κ2) is 12.5. The van der Waals surface area contributed by atoms with E-state index in [9.17, 15) is 5.26 Å². The Morgan fingerprint density at radius 3 is 1.31 bits per heavy atom. The van der Waals surface area contributed by atoms with E-state index in [1.165, 1.54) is 33.4 Å². The molecule has 0 N–H and O–H groups in total. The van der Waals surface area contributed by atoms with E-state index in [-0.39, 0.29) is 0 Å². The van der Waals surface area contributed by atoms with Crippen LogP contribution in [0, 0.1) is 11.3 Å². The van der Waals surface area contributed by atoms with Gasteiger partial charge in [0.2, 0.25) is 0 Å². The van der Waals surface area contributed by atoms with Crippen LogP contribution in [0.4, 0.5) is 0 Å². The molecule has 7 aromatic carbocycles. The number of aromatic nitrogens is 2. The number of nitrogens with zero attached hydrogens (tertiary/aromatic N) is 3. The van der Waals surface area contributed by atoms with Gasteiger partial charge in [-0.2, -0.15) is 5.26 Å². The fourth-order valence-corrected chi connectivity index (χ4v) is 7.63. The van der Waals surface area contributed by atoms with Gasteiger partial charge in [0.15, 0.2) is 5.82 Å². The van der Waals surface area contributed by atoms with E-state index in [1.807, 2.05) is 60.7 Å². The Labute approximate surface area is 297 Å². The molecule has 9 rings (SSSR count). The number of hydrogen-bond acceptors (Lipinski definition) is 3. The van der Waals surface area contributed by atoms with Gasteiger partial charge in [-0.3, -0.25) is 0 Å². The maximum atomic E-state index is 9.44. The molecule has 0 unspecified atom stereocenters. The molecule has 1 aliphatic rings. The van der Waals surface area contributed by atoms with Gasteiger partial charge in [0.25, 0.3) is 0 Å². The normalized spacial score (nSPS) is 12.5. The first kappa shape index (κ1) is 30.2. The van der Waals surface area contributed by atoms with E-state index in [2.05, 4.69) is 133 Å². The maximum Gasteiger partial charge on any atom is 0.160 e. The van der Waals surface area contributed by atoms with Crippen LogP contribution in [0.15, 0.2) is 188 Å². The van der Waals surface area contributed by atoms with Gasteiger partial charge >= 0.3 is 0 Å². The summed E-state index contributed by atoms with van der Waals surface area (Å²) in [6.45, 7) is 0. The Morgan fingerprint density at radius 2 is 0.824 bits per heavy atom. The average Bonchev–Trinajstić information content (AvgIpc) is 3.51. The molecule has 0 amide bonds. The van der Waals surface area contributed by atoms with Gasteiger partial charge in [0.1, 0.15) is 0 Å². The molecular formula is C48H31N3. The molecule has 0 radical (unpaired) electrons. The SMILES string of the molecule is N#Cc1ccc(-c2ccc3c(c2)C(c2ccccc2)(c2ccccc2)c2cc(-c4nc(-c5ccccc5)cc(-c5ccccc5)n4)ccc2-3)cc1. The largest absolute Gasteiger partial charge is 0.228 e. The first-order chi connectivity index (χ1) is 25.2. The molecule has 0 atom stereocenters. The van der Waals surface area contributed by atoms with Crippen LogP contribution in [0.5, 0.6) is 0 Å². The summed E-state index contributed by atoms with van der Waals surface area (Å²) in [5, 5.41) is 9.44. The van der Waals surface area contributed by atoms with Gasteiger partial charge in [-0.25, -0.2) is 9.97 Å². The third-order valence-corrected chi connectivity index (χ3v) is 10.0. The number of rotatable bonds is 6. The van der Waals surface area contributed by atoms with Crippen molar-refractivity contribution in [2.45, 2.75) is 5.41 Å². The van der Waals surface area contributed by atoms with Crippen LogP contribution in [0.3, 0.4) is 0 Å². The molecule has 3 nitrogen and oxygen atoms in total. The molecule has 3 heteroatoms. The highest BCUT2D eigenvalue weighted by Gasteiger charge is 2.46. The number of hydrogen-bond donors (Lipinski definition) is 0. The summed E-state index contributed by atoms with van der Waals surface area (Å²) >= 11 is 0. The fourth-order valence-electron chi connectivity index (χ4n) is 7.63. The van der Waals surface area contributed by atoms with Gasteiger partial charge < -0.3 is 0 Å². The molecule has 0 bridgehead atoms. The van der Waals surface area contributed by atoms with Crippen molar-refractivity contribution < 1.29 is 0 Å². The Bertz CT molecular complexity index is 2460. The van der Waals surface area contributed by atoms with Crippen LogP contribution < -0.4 is 0 Å². The molecule has 0 saturated heterocycles. The van der Waals surface area contributed by atoms with E-state index >= 15 is 0 Å². The number of nitriles is 1. The predicted molar refractivity (Wildman–Crippen MR) is 206 cm³/mol. The minimum absolute atomic E-state index is 0.606. The van der Waals surface area contributed by atoms with Gasteiger partial charge in [-0.1, -0.05) is 158 Å². The lowest BCUT2D eigenvalue weighted by molar-refractivity contribution is 0.769. The fraction of sp³-hybridized carbons (Fsp3) is 0.0208. The minimum atomic E-state index is -0.606. The zero-order chi connectivity index (χ0) is 34.2. The summed E-state index contributed by atoms with van der Waals surface area (Å²) in [6, 6.07) is 68.0. The van der Waals surface area contributed by atoms with Crippen LogP contribution >= 0.6 is 0 Å². The molecule has 1 heterocycles. The quantitative estimate of drug-likeness (QED) is 0.180. The van der Waals surface area contributed by atoms with Crippen LogP contribution in [-0.2, 0) is 5.41 Å². The third kappa shape index (κ3) is 5.14. The van der Waals surface area contributed by atoms with Crippen LogP contribution in [0.25, 0.3) is 56.2 Å². The van der Waals surface area contributed by atoms with Crippen molar-refractivity contribution in [2.24, 2.45) is 0 Å². The van der Waals surface area contributed by atoms with Crippen molar-refractivity contribution in [2.75, 3.05) is 0 Å². The van der Waals surface area contributed by atoms with E-state index in [0.717, 1.165) is 39.2 Å². The number of benzene rings is 7. The maximum absolute atomic E-state index is 9.44. The van der Waals surface area contributed by atoms with Crippen molar-refractivity contribution in [3.8, 4) is 62.2 Å². The van der Waals surface area contributed by atoms with E-state index in [4.69, 9.17) is 9.97 Å². The van der Waals surface area contributed by atoms with Crippen molar-refractivity contribution in [1.29, 1.82) is 5.26 Å². The first-order valence-corrected chi connectivity index (χ1v) is 17.1. The molecule has 0 saturated carbocycles. The second-order valence-corrected chi connectivity index (χ2v) is 12.9. The predicted octanol–water partition coefficient (Wildman–Crippen LogP) is 11.4. The standard InChI is InChI=1S/C48H31N3/c49-32-33-21-23-34(24-22-33)37-25-27-41-42-28-26-38(47-50-45(35-13-5-1-6-14-35)31-46(51-47)36-15-7-2-8-16-36)30-44(42)48(43(41)29-37,39-17-9-3-10-18-39)40-19-11-4-12-20-40/h1-31H. The lowest BCUT2D eigenvalue weighted by Gasteiger charge is -2.34. The topological polar surface area (TPSA) is 49.6 Å². The summed E-state index contributed by atoms with van der Waals surface area (Å²) in [7, 11) is 0.